The van der Waals surface area contributed by atoms with Crippen LogP contribution in [-0.4, -0.2) is 34.5 Å². The monoisotopic (exact) mass is 407 g/mol. The summed E-state index contributed by atoms with van der Waals surface area (Å²) in [6, 6.07) is 5.21. The number of carbonyl (C=O) groups excluding carboxylic acids is 3. The zero-order valence-corrected chi connectivity index (χ0v) is 16.9. The van der Waals surface area contributed by atoms with Crippen LogP contribution < -0.4 is 10.6 Å². The van der Waals surface area contributed by atoms with Crippen LogP contribution in [0.2, 0.25) is 0 Å². The van der Waals surface area contributed by atoms with Crippen LogP contribution in [0.4, 0.5) is 9.18 Å². The van der Waals surface area contributed by atoms with Gasteiger partial charge in [-0.25, -0.2) is 14.2 Å². The number of nitrogens with zero attached hydrogens (tertiary/aromatic N) is 1. The summed E-state index contributed by atoms with van der Waals surface area (Å²) in [6.45, 7) is 6.69. The Hall–Kier alpha value is -2.81. The van der Waals surface area contributed by atoms with Gasteiger partial charge in [-0.2, -0.15) is 0 Å². The molecular formula is C19H22FN3O4S. The lowest BCUT2D eigenvalue weighted by Crippen LogP contribution is -2.50. The molecule has 0 saturated carbocycles. The zero-order valence-electron chi connectivity index (χ0n) is 16.0. The molecule has 150 valence electrons. The Labute approximate surface area is 166 Å². The summed E-state index contributed by atoms with van der Waals surface area (Å²) in [6.07, 6.45) is -1.25. The van der Waals surface area contributed by atoms with Gasteiger partial charge in [-0.3, -0.25) is 14.9 Å². The van der Waals surface area contributed by atoms with E-state index in [1.165, 1.54) is 30.4 Å². The molecule has 3 amide bonds. The number of hydrogen-bond donors (Lipinski definition) is 2. The van der Waals surface area contributed by atoms with E-state index < -0.39 is 29.6 Å². The molecule has 0 aliphatic rings. The molecule has 0 spiro atoms. The molecular weight excluding hydrogens is 385 g/mol. The first kappa shape index (κ1) is 21.5. The maximum atomic E-state index is 13.0. The zero-order chi connectivity index (χ0) is 20.9. The first-order chi connectivity index (χ1) is 13.0. The number of rotatable bonds is 5. The van der Waals surface area contributed by atoms with Gasteiger partial charge in [0, 0.05) is 16.5 Å². The Balaban J connectivity index is 1.87. The number of halogens is 1. The summed E-state index contributed by atoms with van der Waals surface area (Å²) in [4.78, 5) is 40.0. The first-order valence-electron chi connectivity index (χ1n) is 8.56. The molecule has 0 bridgehead atoms. The fourth-order valence-corrected chi connectivity index (χ4v) is 2.96. The summed E-state index contributed by atoms with van der Waals surface area (Å²) in [7, 11) is 0. The van der Waals surface area contributed by atoms with E-state index in [0.717, 1.165) is 5.56 Å². The summed E-state index contributed by atoms with van der Waals surface area (Å²) < 4.78 is 18.1. The Morgan fingerprint density at radius 2 is 1.86 bits per heavy atom. The van der Waals surface area contributed by atoms with E-state index >= 15 is 0 Å². The van der Waals surface area contributed by atoms with E-state index in [0.29, 0.717) is 10.7 Å². The highest BCUT2D eigenvalue weighted by atomic mass is 32.1. The number of thiazole rings is 1. The van der Waals surface area contributed by atoms with E-state index in [9.17, 15) is 18.8 Å². The summed E-state index contributed by atoms with van der Waals surface area (Å²) in [5.74, 6) is -1.71. The van der Waals surface area contributed by atoms with Gasteiger partial charge in [0.25, 0.3) is 5.91 Å². The molecule has 0 radical (unpaired) electrons. The maximum Gasteiger partial charge on any atom is 0.321 e. The summed E-state index contributed by atoms with van der Waals surface area (Å²) >= 11 is 1.32. The van der Waals surface area contributed by atoms with Gasteiger partial charge in [0.1, 0.15) is 10.8 Å². The van der Waals surface area contributed by atoms with Gasteiger partial charge in [-0.05, 0) is 52.0 Å². The van der Waals surface area contributed by atoms with E-state index in [1.54, 1.807) is 38.3 Å². The van der Waals surface area contributed by atoms with Crippen molar-refractivity contribution in [3.05, 3.63) is 41.2 Å². The Morgan fingerprint density at radius 1 is 1.21 bits per heavy atom. The summed E-state index contributed by atoms with van der Waals surface area (Å²) in [5, 5.41) is 7.04. The third-order valence-corrected chi connectivity index (χ3v) is 4.31. The maximum absolute atomic E-state index is 13.0. The second kappa shape index (κ2) is 8.92. The van der Waals surface area contributed by atoms with Gasteiger partial charge in [-0.1, -0.05) is 0 Å². The lowest BCUT2D eigenvalue weighted by atomic mass is 10.1. The number of benzene rings is 1. The van der Waals surface area contributed by atoms with Crippen molar-refractivity contribution in [2.45, 2.75) is 45.8 Å². The number of amides is 3. The minimum atomic E-state index is -1.13. The average Bonchev–Trinajstić information content (AvgIpc) is 3.01. The molecule has 0 unspecified atom stereocenters. The fraction of sp³-hybridized carbons (Fsp3) is 0.368. The van der Waals surface area contributed by atoms with E-state index in [4.69, 9.17) is 4.74 Å². The third-order valence-electron chi connectivity index (χ3n) is 3.37. The van der Waals surface area contributed by atoms with E-state index in [-0.39, 0.29) is 12.2 Å². The fourth-order valence-electron chi connectivity index (χ4n) is 2.14. The van der Waals surface area contributed by atoms with Crippen molar-refractivity contribution in [2.24, 2.45) is 0 Å². The van der Waals surface area contributed by atoms with Crippen molar-refractivity contribution in [3.63, 3.8) is 0 Å². The van der Waals surface area contributed by atoms with Gasteiger partial charge in [0.2, 0.25) is 0 Å². The van der Waals surface area contributed by atoms with Crippen LogP contribution >= 0.6 is 11.3 Å². The van der Waals surface area contributed by atoms with Crippen molar-refractivity contribution < 1.29 is 23.5 Å². The molecule has 0 aliphatic carbocycles. The quantitative estimate of drug-likeness (QED) is 0.743. The van der Waals surface area contributed by atoms with Crippen molar-refractivity contribution in [1.29, 1.82) is 0 Å². The Morgan fingerprint density at radius 3 is 2.46 bits per heavy atom. The lowest BCUT2D eigenvalue weighted by Gasteiger charge is -2.21. The van der Waals surface area contributed by atoms with E-state index in [2.05, 4.69) is 15.6 Å². The van der Waals surface area contributed by atoms with Gasteiger partial charge in [0.05, 0.1) is 12.1 Å². The highest BCUT2D eigenvalue weighted by molar-refractivity contribution is 7.13. The number of hydrogen-bond acceptors (Lipinski definition) is 6. The van der Waals surface area contributed by atoms with Gasteiger partial charge in [0.15, 0.2) is 6.10 Å². The molecule has 1 heterocycles. The number of ether oxygens (including phenoxy) is 1. The standard InChI is InChI=1S/C19H22FN3O4S/c1-11(16(25)22-18(26)23-19(2,3)4)27-15(24)9-14-10-28-17(21-14)12-5-7-13(20)8-6-12/h5-8,10-11H,9H2,1-4H3,(H2,22,23,25,26)/t11-/m0/s1. The van der Waals surface area contributed by atoms with Crippen molar-refractivity contribution in [1.82, 2.24) is 15.6 Å². The minimum absolute atomic E-state index is 0.122. The van der Waals surface area contributed by atoms with Crippen LogP contribution in [0.25, 0.3) is 10.6 Å². The third kappa shape index (κ3) is 6.73. The second-order valence-corrected chi connectivity index (χ2v) is 8.01. The topological polar surface area (TPSA) is 97.4 Å². The molecule has 7 nitrogen and oxygen atoms in total. The number of carbonyl (C=O) groups is 3. The van der Waals surface area contributed by atoms with Crippen molar-refractivity contribution in [3.8, 4) is 10.6 Å². The Kier molecular flexibility index (Phi) is 6.85. The van der Waals surface area contributed by atoms with Gasteiger partial charge < -0.3 is 10.1 Å². The lowest BCUT2D eigenvalue weighted by molar-refractivity contribution is -0.153. The molecule has 1 aromatic heterocycles. The number of aromatic nitrogens is 1. The number of nitrogens with one attached hydrogen (secondary N) is 2. The van der Waals surface area contributed by atoms with Crippen LogP contribution in [0.1, 0.15) is 33.4 Å². The molecule has 0 aliphatic heterocycles. The van der Waals surface area contributed by atoms with Crippen LogP contribution in [0, 0.1) is 5.82 Å². The molecule has 1 atom stereocenters. The molecule has 1 aromatic carbocycles. The van der Waals surface area contributed by atoms with Crippen molar-refractivity contribution in [2.75, 3.05) is 0 Å². The van der Waals surface area contributed by atoms with Crippen LogP contribution in [-0.2, 0) is 20.7 Å². The number of urea groups is 1. The van der Waals surface area contributed by atoms with Crippen LogP contribution in [0.15, 0.2) is 29.6 Å². The average molecular weight is 407 g/mol. The summed E-state index contributed by atoms with van der Waals surface area (Å²) in [5.41, 5.74) is 0.716. The molecule has 2 rings (SSSR count). The predicted molar refractivity (Wildman–Crippen MR) is 103 cm³/mol. The number of imide groups is 1. The normalized spacial score (nSPS) is 12.2. The number of esters is 1. The highest BCUT2D eigenvalue weighted by Gasteiger charge is 2.22. The Bertz CT molecular complexity index is 859. The van der Waals surface area contributed by atoms with Gasteiger partial charge in [-0.15, -0.1) is 11.3 Å². The van der Waals surface area contributed by atoms with Gasteiger partial charge >= 0.3 is 12.0 Å². The first-order valence-corrected chi connectivity index (χ1v) is 9.44. The van der Waals surface area contributed by atoms with Crippen LogP contribution in [0.3, 0.4) is 0 Å². The molecule has 0 fully saturated rings. The van der Waals surface area contributed by atoms with Crippen LogP contribution in [0.5, 0.6) is 0 Å². The second-order valence-electron chi connectivity index (χ2n) is 7.15. The highest BCUT2D eigenvalue weighted by Crippen LogP contribution is 2.24. The smallest absolute Gasteiger partial charge is 0.321 e. The van der Waals surface area contributed by atoms with E-state index in [1.807, 2.05) is 0 Å². The minimum Gasteiger partial charge on any atom is -0.452 e. The van der Waals surface area contributed by atoms with Crippen molar-refractivity contribution >= 4 is 29.2 Å². The molecule has 2 N–H and O–H groups in total. The predicted octanol–water partition coefficient (Wildman–Crippen LogP) is 3.05. The largest absolute Gasteiger partial charge is 0.452 e. The molecule has 9 heteroatoms. The SMILES string of the molecule is C[C@H](OC(=O)Cc1csc(-c2ccc(F)cc2)n1)C(=O)NC(=O)NC(C)(C)C. The molecule has 28 heavy (non-hydrogen) atoms. The molecule has 2 aromatic rings. The molecule has 0 saturated heterocycles.